The Morgan fingerprint density at radius 1 is 1.04 bits per heavy atom. The SMILES string of the molecule is Cc1oc2c(C)c3oc(=O)c(CC(=O)NC4CC4)c(C)c3cc2c1C. The molecule has 1 N–H and O–H groups in total. The van der Waals surface area contributed by atoms with E-state index in [4.69, 9.17) is 8.83 Å². The van der Waals surface area contributed by atoms with E-state index < -0.39 is 5.63 Å². The molecule has 0 spiro atoms. The maximum atomic E-state index is 12.5. The van der Waals surface area contributed by atoms with Crippen LogP contribution in [0.2, 0.25) is 0 Å². The molecule has 0 atom stereocenters. The highest BCUT2D eigenvalue weighted by molar-refractivity contribution is 6.00. The molecule has 5 heteroatoms. The van der Waals surface area contributed by atoms with Crippen LogP contribution in [-0.4, -0.2) is 11.9 Å². The van der Waals surface area contributed by atoms with Crippen molar-refractivity contribution in [1.29, 1.82) is 0 Å². The second-order valence-electron chi connectivity index (χ2n) is 7.05. The minimum absolute atomic E-state index is 0.0566. The van der Waals surface area contributed by atoms with Crippen LogP contribution in [0.25, 0.3) is 21.9 Å². The number of nitrogens with one attached hydrogen (secondary N) is 1. The number of furan rings is 1. The van der Waals surface area contributed by atoms with Gasteiger partial charge in [-0.25, -0.2) is 4.79 Å². The van der Waals surface area contributed by atoms with Gasteiger partial charge in [-0.1, -0.05) is 0 Å². The summed E-state index contributed by atoms with van der Waals surface area (Å²) in [5.41, 5.74) is 3.98. The fourth-order valence-electron chi connectivity index (χ4n) is 3.36. The average molecular weight is 339 g/mol. The van der Waals surface area contributed by atoms with Crippen LogP contribution >= 0.6 is 0 Å². The molecule has 2 heterocycles. The second-order valence-corrected chi connectivity index (χ2v) is 7.05. The van der Waals surface area contributed by atoms with Gasteiger partial charge >= 0.3 is 5.63 Å². The predicted molar refractivity (Wildman–Crippen MR) is 96.1 cm³/mol. The molecule has 130 valence electrons. The summed E-state index contributed by atoms with van der Waals surface area (Å²) in [5, 5.41) is 4.81. The molecule has 5 nitrogen and oxygen atoms in total. The monoisotopic (exact) mass is 339 g/mol. The molecular weight excluding hydrogens is 318 g/mol. The number of aryl methyl sites for hydroxylation is 4. The lowest BCUT2D eigenvalue weighted by atomic mass is 9.99. The van der Waals surface area contributed by atoms with Crippen molar-refractivity contribution in [2.24, 2.45) is 0 Å². The first-order valence-corrected chi connectivity index (χ1v) is 8.61. The quantitative estimate of drug-likeness (QED) is 0.740. The van der Waals surface area contributed by atoms with Crippen molar-refractivity contribution in [3.8, 4) is 0 Å². The third kappa shape index (κ3) is 2.54. The van der Waals surface area contributed by atoms with E-state index >= 15 is 0 Å². The summed E-state index contributed by atoms with van der Waals surface area (Å²) in [7, 11) is 0. The van der Waals surface area contributed by atoms with E-state index in [1.807, 2.05) is 33.8 Å². The van der Waals surface area contributed by atoms with Gasteiger partial charge in [0.05, 0.1) is 12.0 Å². The summed E-state index contributed by atoms with van der Waals surface area (Å²) in [5.74, 6) is 0.739. The van der Waals surface area contributed by atoms with Crippen LogP contribution in [0.5, 0.6) is 0 Å². The topological polar surface area (TPSA) is 72.5 Å². The number of benzene rings is 1. The molecule has 1 amide bonds. The lowest BCUT2D eigenvalue weighted by Gasteiger charge is -2.10. The number of amides is 1. The van der Waals surface area contributed by atoms with Crippen LogP contribution < -0.4 is 10.9 Å². The Morgan fingerprint density at radius 3 is 2.36 bits per heavy atom. The summed E-state index contributed by atoms with van der Waals surface area (Å²) in [4.78, 5) is 24.6. The van der Waals surface area contributed by atoms with E-state index in [9.17, 15) is 9.59 Å². The lowest BCUT2D eigenvalue weighted by Crippen LogP contribution is -2.29. The van der Waals surface area contributed by atoms with Gasteiger partial charge in [-0.05, 0) is 57.7 Å². The zero-order valence-corrected chi connectivity index (χ0v) is 14.9. The van der Waals surface area contributed by atoms with Crippen LogP contribution in [0.1, 0.15) is 40.9 Å². The molecule has 1 aromatic carbocycles. The Morgan fingerprint density at radius 2 is 1.68 bits per heavy atom. The molecule has 0 radical (unpaired) electrons. The third-order valence-corrected chi connectivity index (χ3v) is 5.22. The molecule has 1 saturated carbocycles. The third-order valence-electron chi connectivity index (χ3n) is 5.22. The number of rotatable bonds is 3. The van der Waals surface area contributed by atoms with Crippen molar-refractivity contribution in [3.63, 3.8) is 0 Å². The zero-order chi connectivity index (χ0) is 17.9. The van der Waals surface area contributed by atoms with Crippen molar-refractivity contribution >= 4 is 27.8 Å². The minimum Gasteiger partial charge on any atom is -0.461 e. The van der Waals surface area contributed by atoms with Crippen LogP contribution in [-0.2, 0) is 11.2 Å². The molecule has 0 unspecified atom stereocenters. The van der Waals surface area contributed by atoms with Crippen molar-refractivity contribution in [3.05, 3.63) is 44.5 Å². The maximum absolute atomic E-state index is 12.5. The van der Waals surface area contributed by atoms with Gasteiger partial charge in [0.25, 0.3) is 0 Å². The van der Waals surface area contributed by atoms with Gasteiger partial charge < -0.3 is 14.2 Å². The van der Waals surface area contributed by atoms with Crippen molar-refractivity contribution < 1.29 is 13.6 Å². The highest BCUT2D eigenvalue weighted by Crippen LogP contribution is 2.34. The Hall–Kier alpha value is -2.56. The molecular formula is C20H21NO4. The van der Waals surface area contributed by atoms with Crippen LogP contribution in [0.15, 0.2) is 19.7 Å². The number of carbonyl (C=O) groups excluding carboxylic acids is 1. The van der Waals surface area contributed by atoms with Crippen LogP contribution in [0, 0.1) is 27.7 Å². The van der Waals surface area contributed by atoms with E-state index in [0.717, 1.165) is 51.6 Å². The molecule has 25 heavy (non-hydrogen) atoms. The highest BCUT2D eigenvalue weighted by atomic mass is 16.4. The molecule has 1 fully saturated rings. The Labute approximate surface area is 145 Å². The molecule has 0 aliphatic heterocycles. The largest absolute Gasteiger partial charge is 0.461 e. The van der Waals surface area contributed by atoms with Gasteiger partial charge in [0.1, 0.15) is 16.9 Å². The van der Waals surface area contributed by atoms with E-state index in [1.54, 1.807) is 0 Å². The first-order valence-electron chi connectivity index (χ1n) is 8.61. The first-order chi connectivity index (χ1) is 11.9. The molecule has 1 aliphatic carbocycles. The standard InChI is InChI=1S/C20H21NO4/c1-9-12(4)24-18-11(3)19-15(7-14(9)18)10(2)16(20(23)25-19)8-17(22)21-13-5-6-13/h7,13H,5-6,8H2,1-4H3,(H,21,22). The molecule has 0 bridgehead atoms. The molecule has 2 aromatic heterocycles. The van der Waals surface area contributed by atoms with Gasteiger partial charge in [-0.2, -0.15) is 0 Å². The van der Waals surface area contributed by atoms with Gasteiger partial charge in [0.15, 0.2) is 0 Å². The summed E-state index contributed by atoms with van der Waals surface area (Å²) in [6.07, 6.45) is 2.10. The number of hydrogen-bond acceptors (Lipinski definition) is 4. The number of carbonyl (C=O) groups is 1. The Bertz CT molecular complexity index is 1080. The fraction of sp³-hybridized carbons (Fsp3) is 0.400. The summed E-state index contributed by atoms with van der Waals surface area (Å²) >= 11 is 0. The summed E-state index contributed by atoms with van der Waals surface area (Å²) < 4.78 is 11.4. The summed E-state index contributed by atoms with van der Waals surface area (Å²) in [6, 6.07) is 2.28. The van der Waals surface area contributed by atoms with Gasteiger partial charge in [-0.15, -0.1) is 0 Å². The lowest BCUT2D eigenvalue weighted by molar-refractivity contribution is -0.120. The molecule has 1 aliphatic rings. The van der Waals surface area contributed by atoms with Crippen LogP contribution in [0.3, 0.4) is 0 Å². The molecule has 4 rings (SSSR count). The minimum atomic E-state index is -0.446. The molecule has 0 saturated heterocycles. The normalized spacial score (nSPS) is 14.4. The summed E-state index contributed by atoms with van der Waals surface area (Å²) in [6.45, 7) is 7.72. The zero-order valence-electron chi connectivity index (χ0n) is 14.9. The Kier molecular flexibility index (Phi) is 3.49. The Balaban J connectivity index is 1.90. The number of fused-ring (bicyclic) bond motifs is 2. The smallest absolute Gasteiger partial charge is 0.340 e. The van der Waals surface area contributed by atoms with Crippen LogP contribution in [0.4, 0.5) is 0 Å². The van der Waals surface area contributed by atoms with E-state index in [0.29, 0.717) is 11.1 Å². The predicted octanol–water partition coefficient (Wildman–Crippen LogP) is 3.59. The van der Waals surface area contributed by atoms with Gasteiger partial charge in [-0.3, -0.25) is 4.79 Å². The fourth-order valence-corrected chi connectivity index (χ4v) is 3.36. The number of hydrogen-bond donors (Lipinski definition) is 1. The first kappa shape index (κ1) is 15.9. The van der Waals surface area contributed by atoms with Crippen molar-refractivity contribution in [2.75, 3.05) is 0 Å². The van der Waals surface area contributed by atoms with Gasteiger partial charge in [0.2, 0.25) is 5.91 Å². The maximum Gasteiger partial charge on any atom is 0.340 e. The molecule has 3 aromatic rings. The van der Waals surface area contributed by atoms with Gasteiger partial charge in [0, 0.05) is 22.4 Å². The van der Waals surface area contributed by atoms with E-state index in [1.165, 1.54) is 0 Å². The second kappa shape index (κ2) is 5.48. The average Bonchev–Trinajstić information content (AvgIpc) is 3.32. The van der Waals surface area contributed by atoms with Crippen molar-refractivity contribution in [2.45, 2.75) is 53.0 Å². The highest BCUT2D eigenvalue weighted by Gasteiger charge is 2.25. The van der Waals surface area contributed by atoms with Crippen molar-refractivity contribution in [1.82, 2.24) is 5.32 Å². The van der Waals surface area contributed by atoms with E-state index in [-0.39, 0.29) is 18.4 Å². The van der Waals surface area contributed by atoms with E-state index in [2.05, 4.69) is 5.32 Å².